The number of nitrogens with zero attached hydrogens (tertiary/aromatic N) is 1. The molecule has 1 aliphatic heterocycles. The van der Waals surface area contributed by atoms with Crippen molar-refractivity contribution >= 4 is 11.8 Å². The summed E-state index contributed by atoms with van der Waals surface area (Å²) in [6.07, 6.45) is -0.651. The molecule has 0 spiro atoms. The van der Waals surface area contributed by atoms with E-state index < -0.39 is 6.10 Å². The number of benzene rings is 2. The Labute approximate surface area is 126 Å². The van der Waals surface area contributed by atoms with E-state index in [1.165, 1.54) is 24.3 Å². The van der Waals surface area contributed by atoms with Gasteiger partial charge in [-0.2, -0.15) is 0 Å². The average Bonchev–Trinajstić information content (AvgIpc) is 2.78. The lowest BCUT2D eigenvalue weighted by Crippen LogP contribution is -2.31. The summed E-state index contributed by atoms with van der Waals surface area (Å²) in [4.78, 5) is 25.5. The molecule has 3 rings (SSSR count). The highest BCUT2D eigenvalue weighted by Gasteiger charge is 2.34. The number of carbonyl (C=O) groups excluding carboxylic acids is 2. The van der Waals surface area contributed by atoms with Gasteiger partial charge in [0.25, 0.3) is 11.8 Å². The first-order valence-corrected chi connectivity index (χ1v) is 6.96. The fourth-order valence-corrected chi connectivity index (χ4v) is 2.55. The maximum absolute atomic E-state index is 12.9. The standard InChI is InChI=1S/C17H14FNO3/c18-12-7-5-11(6-8-12)15(20)9-10-19-16(21)13-3-1-2-4-14(13)17(19)22/h1-8,15,20H,9-10H2. The molecule has 0 aromatic heterocycles. The molecule has 22 heavy (non-hydrogen) atoms. The minimum atomic E-state index is -0.857. The number of carbonyl (C=O) groups is 2. The van der Waals surface area contributed by atoms with Crippen molar-refractivity contribution in [3.63, 3.8) is 0 Å². The van der Waals surface area contributed by atoms with E-state index in [0.29, 0.717) is 16.7 Å². The second-order valence-electron chi connectivity index (χ2n) is 5.16. The summed E-state index contributed by atoms with van der Waals surface area (Å²) in [6, 6.07) is 12.2. The molecule has 0 fully saturated rings. The SMILES string of the molecule is O=C1c2ccccc2C(=O)N1CCC(O)c1ccc(F)cc1. The Hall–Kier alpha value is -2.53. The van der Waals surface area contributed by atoms with Crippen LogP contribution in [0.3, 0.4) is 0 Å². The summed E-state index contributed by atoms with van der Waals surface area (Å²) in [5.74, 6) is -1.06. The third kappa shape index (κ3) is 2.51. The van der Waals surface area contributed by atoms with E-state index in [0.717, 1.165) is 4.90 Å². The predicted octanol–water partition coefficient (Wildman–Crippen LogP) is 2.55. The monoisotopic (exact) mass is 299 g/mol. The lowest BCUT2D eigenvalue weighted by Gasteiger charge is -2.17. The molecule has 4 nitrogen and oxygen atoms in total. The fourth-order valence-electron chi connectivity index (χ4n) is 2.55. The zero-order valence-corrected chi connectivity index (χ0v) is 11.7. The van der Waals surface area contributed by atoms with Crippen LogP contribution >= 0.6 is 0 Å². The highest BCUT2D eigenvalue weighted by molar-refractivity contribution is 6.21. The third-order valence-electron chi connectivity index (χ3n) is 3.76. The van der Waals surface area contributed by atoms with Gasteiger partial charge in [-0.3, -0.25) is 14.5 Å². The first-order chi connectivity index (χ1) is 10.6. The van der Waals surface area contributed by atoms with E-state index in [2.05, 4.69) is 0 Å². The number of hydrogen-bond donors (Lipinski definition) is 1. The predicted molar refractivity (Wildman–Crippen MR) is 77.8 cm³/mol. The highest BCUT2D eigenvalue weighted by Crippen LogP contribution is 2.24. The molecule has 2 aromatic carbocycles. The number of aliphatic hydroxyl groups excluding tert-OH is 1. The van der Waals surface area contributed by atoms with Gasteiger partial charge in [0.15, 0.2) is 0 Å². The van der Waals surface area contributed by atoms with Crippen molar-refractivity contribution in [3.05, 3.63) is 71.0 Å². The van der Waals surface area contributed by atoms with Crippen LogP contribution in [0.2, 0.25) is 0 Å². The van der Waals surface area contributed by atoms with E-state index in [1.54, 1.807) is 24.3 Å². The van der Waals surface area contributed by atoms with Crippen LogP contribution in [0, 0.1) is 5.82 Å². The molecule has 0 saturated heterocycles. The molecule has 1 heterocycles. The van der Waals surface area contributed by atoms with Gasteiger partial charge in [0.05, 0.1) is 17.2 Å². The number of aliphatic hydroxyl groups is 1. The van der Waals surface area contributed by atoms with Crippen LogP contribution < -0.4 is 0 Å². The summed E-state index contributed by atoms with van der Waals surface area (Å²) in [5.41, 5.74) is 1.34. The molecule has 5 heteroatoms. The van der Waals surface area contributed by atoms with Crippen molar-refractivity contribution in [3.8, 4) is 0 Å². The first kappa shape index (κ1) is 14.4. The molecule has 1 N–H and O–H groups in total. The van der Waals surface area contributed by atoms with Crippen LogP contribution in [0.5, 0.6) is 0 Å². The summed E-state index contributed by atoms with van der Waals surface area (Å²) < 4.78 is 12.9. The molecule has 0 bridgehead atoms. The van der Waals surface area contributed by atoms with Crippen molar-refractivity contribution in [1.29, 1.82) is 0 Å². The Morgan fingerprint density at radius 2 is 1.50 bits per heavy atom. The molecule has 1 atom stereocenters. The molecule has 1 unspecified atom stereocenters. The van der Waals surface area contributed by atoms with Crippen LogP contribution in [-0.2, 0) is 0 Å². The second-order valence-corrected chi connectivity index (χ2v) is 5.16. The summed E-state index contributed by atoms with van der Waals surface area (Å²) >= 11 is 0. The van der Waals surface area contributed by atoms with Gasteiger partial charge in [0, 0.05) is 6.54 Å². The number of fused-ring (bicyclic) bond motifs is 1. The summed E-state index contributed by atoms with van der Waals surface area (Å²) in [6.45, 7) is 0.116. The second kappa shape index (κ2) is 5.69. The van der Waals surface area contributed by atoms with Crippen molar-refractivity contribution < 1.29 is 19.1 Å². The van der Waals surface area contributed by atoms with Crippen molar-refractivity contribution in [2.75, 3.05) is 6.54 Å². The quantitative estimate of drug-likeness (QED) is 0.883. The molecule has 1 aliphatic rings. The smallest absolute Gasteiger partial charge is 0.261 e. The van der Waals surface area contributed by atoms with E-state index in [4.69, 9.17) is 0 Å². The summed E-state index contributed by atoms with van der Waals surface area (Å²) in [5, 5.41) is 10.1. The topological polar surface area (TPSA) is 57.6 Å². The Balaban J connectivity index is 1.69. The molecular formula is C17H14FNO3. The zero-order valence-electron chi connectivity index (χ0n) is 11.7. The van der Waals surface area contributed by atoms with Crippen LogP contribution in [0.4, 0.5) is 4.39 Å². The minimum absolute atomic E-state index is 0.116. The lowest BCUT2D eigenvalue weighted by atomic mass is 10.1. The average molecular weight is 299 g/mol. The fraction of sp³-hybridized carbons (Fsp3) is 0.176. The van der Waals surface area contributed by atoms with Gasteiger partial charge in [-0.15, -0.1) is 0 Å². The van der Waals surface area contributed by atoms with Gasteiger partial charge < -0.3 is 5.11 Å². The van der Waals surface area contributed by atoms with Gasteiger partial charge in [-0.25, -0.2) is 4.39 Å². The molecule has 0 aliphatic carbocycles. The number of rotatable bonds is 4. The summed E-state index contributed by atoms with van der Waals surface area (Å²) in [7, 11) is 0. The van der Waals surface area contributed by atoms with E-state index in [-0.39, 0.29) is 30.6 Å². The van der Waals surface area contributed by atoms with Gasteiger partial charge in [0.2, 0.25) is 0 Å². The largest absolute Gasteiger partial charge is 0.388 e. The normalized spacial score (nSPS) is 15.1. The Kier molecular flexibility index (Phi) is 3.73. The van der Waals surface area contributed by atoms with Crippen molar-refractivity contribution in [2.24, 2.45) is 0 Å². The zero-order chi connectivity index (χ0) is 15.7. The molecule has 2 aromatic rings. The Bertz CT molecular complexity index is 692. The van der Waals surface area contributed by atoms with E-state index in [1.807, 2.05) is 0 Å². The number of halogens is 1. The molecule has 2 amide bonds. The maximum Gasteiger partial charge on any atom is 0.261 e. The molecule has 0 radical (unpaired) electrons. The maximum atomic E-state index is 12.9. The van der Waals surface area contributed by atoms with Gasteiger partial charge in [-0.05, 0) is 36.2 Å². The number of imide groups is 1. The van der Waals surface area contributed by atoms with E-state index in [9.17, 15) is 19.1 Å². The molecule has 0 saturated carbocycles. The van der Waals surface area contributed by atoms with Gasteiger partial charge in [-0.1, -0.05) is 24.3 Å². The van der Waals surface area contributed by atoms with Crippen molar-refractivity contribution in [1.82, 2.24) is 4.90 Å². The highest BCUT2D eigenvalue weighted by atomic mass is 19.1. The minimum Gasteiger partial charge on any atom is -0.388 e. The molecule has 112 valence electrons. The van der Waals surface area contributed by atoms with Gasteiger partial charge in [0.1, 0.15) is 5.82 Å². The van der Waals surface area contributed by atoms with Crippen LogP contribution in [0.1, 0.15) is 38.8 Å². The van der Waals surface area contributed by atoms with Crippen molar-refractivity contribution in [2.45, 2.75) is 12.5 Å². The first-order valence-electron chi connectivity index (χ1n) is 6.96. The lowest BCUT2D eigenvalue weighted by molar-refractivity contribution is 0.0622. The number of amides is 2. The van der Waals surface area contributed by atoms with Crippen LogP contribution in [-0.4, -0.2) is 28.4 Å². The Morgan fingerprint density at radius 1 is 0.955 bits per heavy atom. The number of hydrogen-bond acceptors (Lipinski definition) is 3. The van der Waals surface area contributed by atoms with E-state index >= 15 is 0 Å². The van der Waals surface area contributed by atoms with Crippen LogP contribution in [0.25, 0.3) is 0 Å². The molecular weight excluding hydrogens is 285 g/mol. The Morgan fingerprint density at radius 3 is 2.05 bits per heavy atom. The van der Waals surface area contributed by atoms with Crippen LogP contribution in [0.15, 0.2) is 48.5 Å². The van der Waals surface area contributed by atoms with Gasteiger partial charge >= 0.3 is 0 Å². The third-order valence-corrected chi connectivity index (χ3v) is 3.76.